The Bertz CT molecular complexity index is 3400. The van der Waals surface area contributed by atoms with E-state index in [4.69, 9.17) is 14.2 Å². The van der Waals surface area contributed by atoms with E-state index in [1.165, 1.54) is 67.2 Å². The van der Waals surface area contributed by atoms with Crippen LogP contribution in [-0.4, -0.2) is 117 Å². The number of nitrogens with zero attached hydrogens (tertiary/aromatic N) is 6. The summed E-state index contributed by atoms with van der Waals surface area (Å²) in [6.07, 6.45) is -3.47. The molecule has 6 heterocycles. The third-order valence-corrected chi connectivity index (χ3v) is 13.3. The number of likely N-dealkylation sites (tertiary alicyclic amines) is 2. The van der Waals surface area contributed by atoms with Crippen molar-refractivity contribution in [3.8, 4) is 28.9 Å². The number of methoxy groups -OCH3 is 1. The van der Waals surface area contributed by atoms with Crippen LogP contribution in [0.5, 0.6) is 28.9 Å². The maximum atomic E-state index is 15.6. The van der Waals surface area contributed by atoms with Crippen molar-refractivity contribution in [2.24, 2.45) is 12.5 Å². The molecule has 6 amide bonds. The van der Waals surface area contributed by atoms with Crippen LogP contribution >= 0.6 is 0 Å². The predicted molar refractivity (Wildman–Crippen MR) is 244 cm³/mol. The third-order valence-electron chi connectivity index (χ3n) is 13.3. The SMILES string of the molecule is COc1cc2c(Oc3ccc(NC(=O)c4c(C)n(C)c5ccc(OC(F)(F)F)cc5c4=O)cc3F)ncnc2cc1OCC(=O)N1CC2(C1)CN(C(=O)c1ccc3c(c1)CN(C1CCC(=O)NC1=O)C3=O)C2. The van der Waals surface area contributed by atoms with Crippen LogP contribution in [0, 0.1) is 18.2 Å². The molecule has 23 heteroatoms. The van der Waals surface area contributed by atoms with Crippen molar-refractivity contribution in [2.45, 2.75) is 38.7 Å². The van der Waals surface area contributed by atoms with E-state index < -0.39 is 41.2 Å². The molecule has 0 bridgehead atoms. The second-order valence-electron chi connectivity index (χ2n) is 17.9. The van der Waals surface area contributed by atoms with Crippen molar-refractivity contribution in [2.75, 3.05) is 45.2 Å². The van der Waals surface area contributed by atoms with Crippen LogP contribution in [0.25, 0.3) is 21.8 Å². The number of aromatic nitrogens is 3. The van der Waals surface area contributed by atoms with Gasteiger partial charge in [0.1, 0.15) is 23.7 Å². The fraction of sp³-hybridized carbons (Fsp3) is 0.286. The number of pyridine rings is 1. The number of hydrogen-bond acceptors (Lipinski definition) is 13. The summed E-state index contributed by atoms with van der Waals surface area (Å²) in [5, 5.41) is 4.82. The van der Waals surface area contributed by atoms with E-state index in [1.807, 2.05) is 0 Å². The molecule has 19 nitrogen and oxygen atoms in total. The second kappa shape index (κ2) is 17.6. The summed E-state index contributed by atoms with van der Waals surface area (Å²) in [5.74, 6) is -4.29. The molecule has 10 rings (SSSR count). The second-order valence-corrected chi connectivity index (χ2v) is 17.9. The molecule has 0 saturated carbocycles. The molecule has 1 atom stereocenters. The minimum atomic E-state index is -5.01. The molecule has 4 aliphatic rings. The zero-order chi connectivity index (χ0) is 51.0. The van der Waals surface area contributed by atoms with Crippen LogP contribution in [0.15, 0.2) is 77.9 Å². The number of nitrogens with one attached hydrogen (secondary N) is 2. The van der Waals surface area contributed by atoms with Gasteiger partial charge in [0.2, 0.25) is 23.1 Å². The minimum Gasteiger partial charge on any atom is -0.493 e. The number of hydrogen-bond donors (Lipinski definition) is 2. The normalized spacial score (nSPS) is 17.1. The number of amides is 6. The Balaban J connectivity index is 0.743. The maximum absolute atomic E-state index is 15.6. The number of fused-ring (bicyclic) bond motifs is 3. The van der Waals surface area contributed by atoms with Gasteiger partial charge >= 0.3 is 6.36 Å². The van der Waals surface area contributed by atoms with Crippen LogP contribution in [0.1, 0.15) is 55.2 Å². The topological polar surface area (TPSA) is 221 Å². The van der Waals surface area contributed by atoms with E-state index in [0.29, 0.717) is 48.4 Å². The summed E-state index contributed by atoms with van der Waals surface area (Å²) in [5.41, 5.74) is 0.592. The maximum Gasteiger partial charge on any atom is 0.573 e. The summed E-state index contributed by atoms with van der Waals surface area (Å²) >= 11 is 0. The van der Waals surface area contributed by atoms with Crippen molar-refractivity contribution >= 4 is 62.9 Å². The van der Waals surface area contributed by atoms with E-state index in [2.05, 4.69) is 25.3 Å². The lowest BCUT2D eigenvalue weighted by atomic mass is 9.72. The van der Waals surface area contributed by atoms with Gasteiger partial charge in [-0.05, 0) is 73.5 Å². The van der Waals surface area contributed by atoms with Gasteiger partial charge in [-0.3, -0.25) is 38.9 Å². The van der Waals surface area contributed by atoms with E-state index >= 15 is 4.39 Å². The smallest absolute Gasteiger partial charge is 0.493 e. The third kappa shape index (κ3) is 8.59. The number of piperidine rings is 1. The highest BCUT2D eigenvalue weighted by molar-refractivity contribution is 6.08. The molecule has 72 heavy (non-hydrogen) atoms. The first-order valence-electron chi connectivity index (χ1n) is 22.3. The molecule has 4 aliphatic heterocycles. The molecule has 3 fully saturated rings. The van der Waals surface area contributed by atoms with Crippen molar-refractivity contribution in [3.05, 3.63) is 117 Å². The molecule has 3 saturated heterocycles. The fourth-order valence-electron chi connectivity index (χ4n) is 9.62. The number of ether oxygens (including phenoxy) is 4. The summed E-state index contributed by atoms with van der Waals surface area (Å²) in [7, 11) is 2.91. The standard InChI is InChI=1S/C49H40F4N8O11/c1-24-41(42(64)31-14-28(72-49(51,52)53)6-8-34(31)58(24)2)44(66)56-27-5-10-36(32(50)13-27)71-45-30-15-37(69-3)38(16-33(30)54-23-55-45)70-18-40(63)59-19-48(20-59)21-60(22-48)46(67)25-4-7-29-26(12-25)17-61(47(29)68)35-9-11-39(62)57-43(35)65/h4-8,10,12-16,23,35H,9,11,17-22H2,1-3H3,(H,56,66)(H,57,62,65). The van der Waals surface area contributed by atoms with Crippen molar-refractivity contribution < 1.29 is 65.3 Å². The molecule has 1 unspecified atom stereocenters. The quantitative estimate of drug-likeness (QED) is 0.129. The van der Waals surface area contributed by atoms with Gasteiger partial charge in [-0.1, -0.05) is 0 Å². The van der Waals surface area contributed by atoms with E-state index in [0.717, 1.165) is 18.2 Å². The van der Waals surface area contributed by atoms with Crippen molar-refractivity contribution in [1.82, 2.24) is 34.6 Å². The zero-order valence-electron chi connectivity index (χ0n) is 38.3. The van der Waals surface area contributed by atoms with E-state index in [9.17, 15) is 46.7 Å². The van der Waals surface area contributed by atoms with Gasteiger partial charge in [-0.25, -0.2) is 14.4 Å². The van der Waals surface area contributed by atoms with Gasteiger partial charge in [0.15, 0.2) is 29.7 Å². The van der Waals surface area contributed by atoms with Crippen LogP contribution in [0.3, 0.4) is 0 Å². The Morgan fingerprint density at radius 3 is 2.38 bits per heavy atom. The highest BCUT2D eigenvalue weighted by Crippen LogP contribution is 2.42. The van der Waals surface area contributed by atoms with E-state index in [1.54, 1.807) is 28.0 Å². The molecule has 1 spiro atoms. The first-order chi connectivity index (χ1) is 34.3. The molecule has 2 aromatic heterocycles. The Kier molecular flexibility index (Phi) is 11.5. The number of rotatable bonds is 11. The predicted octanol–water partition coefficient (Wildman–Crippen LogP) is 5.01. The summed E-state index contributed by atoms with van der Waals surface area (Å²) in [6.45, 7) is 2.94. The summed E-state index contributed by atoms with van der Waals surface area (Å²) < 4.78 is 77.0. The number of alkyl halides is 3. The summed E-state index contributed by atoms with van der Waals surface area (Å²) in [4.78, 5) is 104. The average Bonchev–Trinajstić information content (AvgIpc) is 3.63. The lowest BCUT2D eigenvalue weighted by Gasteiger charge is -2.60. The molecular formula is C49H40F4N8O11. The number of carbonyl (C=O) groups excluding carboxylic acids is 6. The first kappa shape index (κ1) is 47.1. The highest BCUT2D eigenvalue weighted by atomic mass is 19.4. The van der Waals surface area contributed by atoms with Gasteiger partial charge in [-0.15, -0.1) is 13.2 Å². The monoisotopic (exact) mass is 992 g/mol. The Labute approximate surface area is 404 Å². The first-order valence-corrected chi connectivity index (χ1v) is 22.3. The van der Waals surface area contributed by atoms with Crippen molar-refractivity contribution in [1.29, 1.82) is 0 Å². The Hall–Kier alpha value is -8.63. The zero-order valence-corrected chi connectivity index (χ0v) is 38.3. The van der Waals surface area contributed by atoms with Gasteiger partial charge in [-0.2, -0.15) is 0 Å². The van der Waals surface area contributed by atoms with Gasteiger partial charge in [0.25, 0.3) is 23.6 Å². The molecule has 4 aromatic carbocycles. The van der Waals surface area contributed by atoms with Crippen LogP contribution in [-0.2, 0) is 28.0 Å². The number of carbonyl (C=O) groups is 6. The Morgan fingerprint density at radius 1 is 0.889 bits per heavy atom. The number of anilines is 1. The molecular weight excluding hydrogens is 953 g/mol. The van der Waals surface area contributed by atoms with Crippen LogP contribution in [0.2, 0.25) is 0 Å². The van der Waals surface area contributed by atoms with Gasteiger partial charge in [0.05, 0.1) is 28.9 Å². The lowest BCUT2D eigenvalue weighted by molar-refractivity contribution is -0.274. The van der Waals surface area contributed by atoms with Gasteiger partial charge in [0, 0.05) is 86.2 Å². The largest absolute Gasteiger partial charge is 0.573 e. The number of imide groups is 1. The van der Waals surface area contributed by atoms with Crippen LogP contribution in [0.4, 0.5) is 23.2 Å². The molecule has 0 radical (unpaired) electrons. The fourth-order valence-corrected chi connectivity index (χ4v) is 9.62. The van der Waals surface area contributed by atoms with Crippen molar-refractivity contribution in [3.63, 3.8) is 0 Å². The molecule has 0 aliphatic carbocycles. The number of benzene rings is 4. The Morgan fingerprint density at radius 2 is 1.65 bits per heavy atom. The summed E-state index contributed by atoms with van der Waals surface area (Å²) in [6, 6.07) is 13.7. The van der Waals surface area contributed by atoms with E-state index in [-0.39, 0.29) is 111 Å². The minimum absolute atomic E-state index is 0.0700. The molecule has 6 aromatic rings. The van der Waals surface area contributed by atoms with Gasteiger partial charge < -0.3 is 43.5 Å². The molecule has 370 valence electrons. The highest BCUT2D eigenvalue weighted by Gasteiger charge is 2.54. The van der Waals surface area contributed by atoms with Crippen LogP contribution < -0.4 is 35.0 Å². The average molecular weight is 993 g/mol. The molecule has 2 N–H and O–H groups in total. The number of halogens is 4. The lowest BCUT2D eigenvalue weighted by Crippen LogP contribution is -2.74. The number of aryl methyl sites for hydroxylation is 1.